The van der Waals surface area contributed by atoms with E-state index in [0.717, 1.165) is 29.1 Å². The quantitative estimate of drug-likeness (QED) is 0.732. The molecule has 1 atom stereocenters. The minimum Gasteiger partial charge on any atom is -0.354 e. The second-order valence-electron chi connectivity index (χ2n) is 6.04. The number of aromatic nitrogens is 3. The summed E-state index contributed by atoms with van der Waals surface area (Å²) < 4.78 is 3.13. The van der Waals surface area contributed by atoms with Crippen LogP contribution >= 0.6 is 0 Å². The number of hydrogen-bond donors (Lipinski definition) is 1. The highest BCUT2D eigenvalue weighted by Crippen LogP contribution is 2.29. The van der Waals surface area contributed by atoms with Crippen molar-refractivity contribution in [2.24, 2.45) is 7.05 Å². The SMILES string of the molecule is CCCCNC(=O)[C@@H](C)n1c2ccccc2c2cnn(C)c(=O)c21. The Morgan fingerprint density at radius 2 is 2.04 bits per heavy atom. The first-order valence-corrected chi connectivity index (χ1v) is 8.29. The summed E-state index contributed by atoms with van der Waals surface area (Å²) in [5.41, 5.74) is 1.19. The molecular formula is C18H22N4O2. The van der Waals surface area contributed by atoms with Gasteiger partial charge in [0.15, 0.2) is 0 Å². The fourth-order valence-corrected chi connectivity index (χ4v) is 3.04. The zero-order valence-electron chi connectivity index (χ0n) is 14.2. The second-order valence-corrected chi connectivity index (χ2v) is 6.04. The van der Waals surface area contributed by atoms with Gasteiger partial charge in [-0.2, -0.15) is 5.10 Å². The van der Waals surface area contributed by atoms with E-state index in [1.54, 1.807) is 13.2 Å². The Morgan fingerprint density at radius 1 is 1.29 bits per heavy atom. The molecule has 1 amide bonds. The van der Waals surface area contributed by atoms with Gasteiger partial charge < -0.3 is 9.88 Å². The van der Waals surface area contributed by atoms with Gasteiger partial charge in [0.2, 0.25) is 5.91 Å². The van der Waals surface area contributed by atoms with E-state index in [1.165, 1.54) is 4.68 Å². The van der Waals surface area contributed by atoms with E-state index in [4.69, 9.17) is 0 Å². The van der Waals surface area contributed by atoms with Crippen LogP contribution in [0.25, 0.3) is 21.8 Å². The van der Waals surface area contributed by atoms with Gasteiger partial charge in [-0.1, -0.05) is 31.5 Å². The Labute approximate surface area is 140 Å². The molecule has 0 fully saturated rings. The third-order valence-corrected chi connectivity index (χ3v) is 4.40. The fourth-order valence-electron chi connectivity index (χ4n) is 3.04. The molecule has 3 aromatic rings. The molecule has 126 valence electrons. The van der Waals surface area contributed by atoms with Crippen molar-refractivity contribution in [1.29, 1.82) is 0 Å². The van der Waals surface area contributed by atoms with Crippen molar-refractivity contribution >= 4 is 27.7 Å². The Hall–Kier alpha value is -2.63. The summed E-state index contributed by atoms with van der Waals surface area (Å²) in [6, 6.07) is 7.26. The van der Waals surface area contributed by atoms with Crippen molar-refractivity contribution in [1.82, 2.24) is 19.7 Å². The topological polar surface area (TPSA) is 68.9 Å². The molecule has 1 aromatic carbocycles. The van der Waals surface area contributed by atoms with E-state index < -0.39 is 6.04 Å². The summed E-state index contributed by atoms with van der Waals surface area (Å²) in [7, 11) is 1.62. The lowest BCUT2D eigenvalue weighted by atomic mass is 10.2. The molecule has 0 aliphatic heterocycles. The number of benzene rings is 1. The standard InChI is InChI=1S/C18H22N4O2/c1-4-5-10-19-17(23)12(2)22-15-9-7-6-8-13(15)14-11-20-21(3)18(24)16(14)22/h6-9,11-12H,4-5,10H2,1-3H3,(H,19,23)/t12-/m1/s1. The predicted octanol–water partition coefficient (Wildman–Crippen LogP) is 2.37. The third-order valence-electron chi connectivity index (χ3n) is 4.40. The zero-order chi connectivity index (χ0) is 17.3. The highest BCUT2D eigenvalue weighted by molar-refractivity contribution is 6.08. The van der Waals surface area contributed by atoms with Crippen molar-refractivity contribution in [3.05, 3.63) is 40.8 Å². The van der Waals surface area contributed by atoms with E-state index in [1.807, 2.05) is 35.8 Å². The number of carbonyl (C=O) groups is 1. The van der Waals surface area contributed by atoms with Gasteiger partial charge in [0, 0.05) is 24.4 Å². The lowest BCUT2D eigenvalue weighted by Gasteiger charge is -2.16. The van der Waals surface area contributed by atoms with Gasteiger partial charge in [-0.3, -0.25) is 9.59 Å². The summed E-state index contributed by atoms with van der Waals surface area (Å²) in [4.78, 5) is 25.2. The molecule has 0 unspecified atom stereocenters. The highest BCUT2D eigenvalue weighted by Gasteiger charge is 2.22. The number of fused-ring (bicyclic) bond motifs is 3. The van der Waals surface area contributed by atoms with E-state index in [2.05, 4.69) is 17.3 Å². The maximum Gasteiger partial charge on any atom is 0.291 e. The summed E-state index contributed by atoms with van der Waals surface area (Å²) in [5, 5.41) is 8.79. The normalized spacial score (nSPS) is 12.6. The lowest BCUT2D eigenvalue weighted by Crippen LogP contribution is -2.33. The van der Waals surface area contributed by atoms with Crippen LogP contribution in [0, 0.1) is 0 Å². The molecule has 0 saturated heterocycles. The third kappa shape index (κ3) is 2.58. The maximum atomic E-state index is 12.7. The van der Waals surface area contributed by atoms with E-state index in [0.29, 0.717) is 12.1 Å². The van der Waals surface area contributed by atoms with Crippen LogP contribution in [0.4, 0.5) is 0 Å². The van der Waals surface area contributed by atoms with Crippen molar-refractivity contribution in [2.75, 3.05) is 6.54 Å². The number of carbonyl (C=O) groups excluding carboxylic acids is 1. The molecule has 0 bridgehead atoms. The van der Waals surface area contributed by atoms with Gasteiger partial charge in [0.25, 0.3) is 5.56 Å². The monoisotopic (exact) mass is 326 g/mol. The van der Waals surface area contributed by atoms with Crippen LogP contribution in [0.5, 0.6) is 0 Å². The number of rotatable bonds is 5. The van der Waals surface area contributed by atoms with Crippen LogP contribution in [-0.4, -0.2) is 26.8 Å². The van der Waals surface area contributed by atoms with Crippen molar-refractivity contribution in [3.63, 3.8) is 0 Å². The molecule has 0 aliphatic carbocycles. The number of nitrogens with zero attached hydrogens (tertiary/aromatic N) is 3. The number of amides is 1. The largest absolute Gasteiger partial charge is 0.354 e. The number of hydrogen-bond acceptors (Lipinski definition) is 3. The van der Waals surface area contributed by atoms with Crippen LogP contribution in [-0.2, 0) is 11.8 Å². The minimum absolute atomic E-state index is 0.0787. The molecule has 0 aliphatic rings. The maximum absolute atomic E-state index is 12.7. The van der Waals surface area contributed by atoms with E-state index in [-0.39, 0.29) is 11.5 Å². The van der Waals surface area contributed by atoms with Gasteiger partial charge in [-0.05, 0) is 19.4 Å². The van der Waals surface area contributed by atoms with Crippen LogP contribution in [0.1, 0.15) is 32.7 Å². The van der Waals surface area contributed by atoms with Gasteiger partial charge >= 0.3 is 0 Å². The molecular weight excluding hydrogens is 304 g/mol. The first-order valence-electron chi connectivity index (χ1n) is 8.29. The van der Waals surface area contributed by atoms with Gasteiger partial charge in [0.05, 0.1) is 11.7 Å². The summed E-state index contributed by atoms with van der Waals surface area (Å²) in [6.07, 6.45) is 3.66. The number of aryl methyl sites for hydroxylation is 1. The van der Waals surface area contributed by atoms with Crippen molar-refractivity contribution in [2.45, 2.75) is 32.7 Å². The zero-order valence-corrected chi connectivity index (χ0v) is 14.2. The molecule has 0 saturated carbocycles. The Kier molecular flexibility index (Phi) is 4.38. The van der Waals surface area contributed by atoms with Gasteiger partial charge in [-0.25, -0.2) is 4.68 Å². The van der Waals surface area contributed by atoms with Gasteiger partial charge in [-0.15, -0.1) is 0 Å². The fraction of sp³-hybridized carbons (Fsp3) is 0.389. The smallest absolute Gasteiger partial charge is 0.291 e. The molecule has 2 heterocycles. The molecule has 0 radical (unpaired) electrons. The summed E-state index contributed by atoms with van der Waals surface area (Å²) in [6.45, 7) is 4.56. The summed E-state index contributed by atoms with van der Waals surface area (Å²) >= 11 is 0. The van der Waals surface area contributed by atoms with E-state index in [9.17, 15) is 9.59 Å². The van der Waals surface area contributed by atoms with Crippen LogP contribution in [0.15, 0.2) is 35.3 Å². The first-order chi connectivity index (χ1) is 11.6. The number of nitrogens with one attached hydrogen (secondary N) is 1. The number of para-hydroxylation sites is 1. The Bertz CT molecular complexity index is 955. The lowest BCUT2D eigenvalue weighted by molar-refractivity contribution is -0.123. The first kappa shape index (κ1) is 16.2. The molecule has 3 rings (SSSR count). The van der Waals surface area contributed by atoms with Crippen LogP contribution in [0.2, 0.25) is 0 Å². The Balaban J connectivity index is 2.19. The predicted molar refractivity (Wildman–Crippen MR) is 95.1 cm³/mol. The molecule has 1 N–H and O–H groups in total. The summed E-state index contributed by atoms with van der Waals surface area (Å²) in [5.74, 6) is -0.0787. The molecule has 6 nitrogen and oxygen atoms in total. The molecule has 0 spiro atoms. The molecule has 6 heteroatoms. The van der Waals surface area contributed by atoms with Crippen molar-refractivity contribution < 1.29 is 4.79 Å². The minimum atomic E-state index is -0.473. The number of unbranched alkanes of at least 4 members (excludes halogenated alkanes) is 1. The Morgan fingerprint density at radius 3 is 2.79 bits per heavy atom. The van der Waals surface area contributed by atoms with Crippen LogP contribution in [0.3, 0.4) is 0 Å². The van der Waals surface area contributed by atoms with E-state index >= 15 is 0 Å². The average molecular weight is 326 g/mol. The van der Waals surface area contributed by atoms with Gasteiger partial charge in [0.1, 0.15) is 11.6 Å². The van der Waals surface area contributed by atoms with Crippen LogP contribution < -0.4 is 10.9 Å². The molecule has 24 heavy (non-hydrogen) atoms. The molecule has 2 aromatic heterocycles. The average Bonchev–Trinajstić information content (AvgIpc) is 2.92. The second kappa shape index (κ2) is 6.47. The highest BCUT2D eigenvalue weighted by atomic mass is 16.2. The van der Waals surface area contributed by atoms with Crippen molar-refractivity contribution in [3.8, 4) is 0 Å².